The van der Waals surface area contributed by atoms with Crippen LogP contribution in [0.15, 0.2) is 12.2 Å². The van der Waals surface area contributed by atoms with Crippen molar-refractivity contribution in [2.75, 3.05) is 20.2 Å². The Bertz CT molecular complexity index is 249. The van der Waals surface area contributed by atoms with Crippen LogP contribution in [-0.2, 0) is 4.74 Å². The number of nitrogens with zero attached hydrogens (tertiary/aromatic N) is 1. The number of methoxy groups -OCH3 is 1. The molecule has 0 saturated carbocycles. The first-order valence-electron chi connectivity index (χ1n) is 5.53. The Kier molecular flexibility index (Phi) is 2.44. The van der Waals surface area contributed by atoms with Crippen LogP contribution in [0.2, 0.25) is 0 Å². The number of rotatable bonds is 2. The maximum atomic E-state index is 5.49. The van der Waals surface area contributed by atoms with E-state index in [1.54, 1.807) is 0 Å². The van der Waals surface area contributed by atoms with Gasteiger partial charge in [-0.05, 0) is 18.8 Å². The lowest BCUT2D eigenvalue weighted by Gasteiger charge is -2.35. The van der Waals surface area contributed by atoms with Crippen LogP contribution in [-0.4, -0.2) is 36.7 Å². The summed E-state index contributed by atoms with van der Waals surface area (Å²) in [6.45, 7) is 11.0. The van der Waals surface area contributed by atoms with Crippen molar-refractivity contribution in [3.8, 4) is 0 Å². The SMILES string of the molecule is C=C1CN2C[C@H](OC)CC2(C(C)C)C1. The van der Waals surface area contributed by atoms with Gasteiger partial charge in [0, 0.05) is 25.7 Å². The smallest absolute Gasteiger partial charge is 0.0716 e. The van der Waals surface area contributed by atoms with Gasteiger partial charge in [-0.25, -0.2) is 0 Å². The van der Waals surface area contributed by atoms with E-state index in [0.717, 1.165) is 13.1 Å². The van der Waals surface area contributed by atoms with E-state index in [0.29, 0.717) is 17.6 Å². The topological polar surface area (TPSA) is 12.5 Å². The van der Waals surface area contributed by atoms with Gasteiger partial charge in [-0.2, -0.15) is 0 Å². The van der Waals surface area contributed by atoms with E-state index < -0.39 is 0 Å². The molecule has 0 N–H and O–H groups in total. The largest absolute Gasteiger partial charge is 0.380 e. The molecule has 2 atom stereocenters. The van der Waals surface area contributed by atoms with E-state index in [1.165, 1.54) is 18.4 Å². The van der Waals surface area contributed by atoms with Crippen molar-refractivity contribution in [1.82, 2.24) is 4.90 Å². The normalized spacial score (nSPS) is 38.3. The summed E-state index contributed by atoms with van der Waals surface area (Å²) in [5.41, 5.74) is 1.76. The summed E-state index contributed by atoms with van der Waals surface area (Å²) in [4.78, 5) is 2.58. The first-order chi connectivity index (χ1) is 6.58. The van der Waals surface area contributed by atoms with Crippen LogP contribution in [0, 0.1) is 5.92 Å². The molecule has 2 fully saturated rings. The van der Waals surface area contributed by atoms with Crippen LogP contribution in [0.3, 0.4) is 0 Å². The highest BCUT2D eigenvalue weighted by Crippen LogP contribution is 2.46. The van der Waals surface area contributed by atoms with Gasteiger partial charge < -0.3 is 4.74 Å². The fraction of sp³-hybridized carbons (Fsp3) is 0.833. The van der Waals surface area contributed by atoms with Crippen LogP contribution >= 0.6 is 0 Å². The van der Waals surface area contributed by atoms with Crippen molar-refractivity contribution in [3.05, 3.63) is 12.2 Å². The van der Waals surface area contributed by atoms with Gasteiger partial charge >= 0.3 is 0 Å². The van der Waals surface area contributed by atoms with E-state index in [4.69, 9.17) is 4.74 Å². The van der Waals surface area contributed by atoms with Crippen LogP contribution in [0.5, 0.6) is 0 Å². The standard InChI is InChI=1S/C12H21NO/c1-9(2)12-5-10(3)7-13(12)8-11(6-12)14-4/h9,11H,3,5-8H2,1-2,4H3/t11-,12?/m1/s1. The molecule has 0 aliphatic carbocycles. The van der Waals surface area contributed by atoms with Gasteiger partial charge in [0.2, 0.25) is 0 Å². The summed E-state index contributed by atoms with van der Waals surface area (Å²) in [6, 6.07) is 0. The fourth-order valence-electron chi connectivity index (χ4n) is 3.14. The van der Waals surface area contributed by atoms with E-state index in [-0.39, 0.29) is 0 Å². The number of fused-ring (bicyclic) bond motifs is 1. The summed E-state index contributed by atoms with van der Waals surface area (Å²) >= 11 is 0. The van der Waals surface area contributed by atoms with Crippen LogP contribution in [0.1, 0.15) is 26.7 Å². The van der Waals surface area contributed by atoms with Gasteiger partial charge in [0.1, 0.15) is 0 Å². The Labute approximate surface area is 86.9 Å². The van der Waals surface area contributed by atoms with Crippen LogP contribution in [0.25, 0.3) is 0 Å². The lowest BCUT2D eigenvalue weighted by atomic mass is 9.81. The lowest BCUT2D eigenvalue weighted by molar-refractivity contribution is 0.107. The van der Waals surface area contributed by atoms with Crippen molar-refractivity contribution >= 4 is 0 Å². The molecule has 2 nitrogen and oxygen atoms in total. The molecule has 14 heavy (non-hydrogen) atoms. The predicted octanol–water partition coefficient (Wildman–Crippen LogP) is 2.06. The van der Waals surface area contributed by atoms with E-state index in [2.05, 4.69) is 25.3 Å². The van der Waals surface area contributed by atoms with Gasteiger partial charge in [-0.3, -0.25) is 4.90 Å². The third kappa shape index (κ3) is 1.32. The summed E-state index contributed by atoms with van der Waals surface area (Å²) in [5.74, 6) is 0.696. The van der Waals surface area contributed by atoms with E-state index in [9.17, 15) is 0 Å². The minimum absolute atomic E-state index is 0.359. The number of hydrogen-bond donors (Lipinski definition) is 0. The van der Waals surface area contributed by atoms with Gasteiger partial charge in [-0.15, -0.1) is 0 Å². The molecule has 2 heteroatoms. The monoisotopic (exact) mass is 195 g/mol. The second kappa shape index (κ2) is 3.35. The highest BCUT2D eigenvalue weighted by molar-refractivity contribution is 5.19. The highest BCUT2D eigenvalue weighted by Gasteiger charge is 2.51. The van der Waals surface area contributed by atoms with E-state index >= 15 is 0 Å². The molecule has 2 aliphatic heterocycles. The third-order valence-electron chi connectivity index (χ3n) is 4.01. The Hall–Kier alpha value is -0.340. The predicted molar refractivity (Wildman–Crippen MR) is 58.3 cm³/mol. The molecular weight excluding hydrogens is 174 g/mol. The molecule has 0 aromatic heterocycles. The second-order valence-corrected chi connectivity index (χ2v) is 5.13. The first kappa shape index (κ1) is 10.2. The Morgan fingerprint density at radius 2 is 2.29 bits per heavy atom. The molecular formula is C12H21NO. The Morgan fingerprint density at radius 3 is 2.79 bits per heavy atom. The Balaban J connectivity index is 2.21. The van der Waals surface area contributed by atoms with E-state index in [1.807, 2.05) is 7.11 Å². The number of hydrogen-bond acceptors (Lipinski definition) is 2. The quantitative estimate of drug-likeness (QED) is 0.625. The maximum Gasteiger partial charge on any atom is 0.0716 e. The molecule has 2 rings (SSSR count). The minimum atomic E-state index is 0.359. The molecule has 0 aromatic carbocycles. The fourth-order valence-corrected chi connectivity index (χ4v) is 3.14. The zero-order valence-corrected chi connectivity index (χ0v) is 9.55. The minimum Gasteiger partial charge on any atom is -0.380 e. The molecule has 0 radical (unpaired) electrons. The number of ether oxygens (including phenoxy) is 1. The summed E-state index contributed by atoms with van der Waals surface area (Å²) in [6.07, 6.45) is 2.79. The molecule has 2 saturated heterocycles. The summed E-state index contributed by atoms with van der Waals surface area (Å²) in [7, 11) is 1.83. The molecule has 1 unspecified atom stereocenters. The molecule has 0 bridgehead atoms. The molecule has 0 spiro atoms. The highest BCUT2D eigenvalue weighted by atomic mass is 16.5. The van der Waals surface area contributed by atoms with Gasteiger partial charge in [0.25, 0.3) is 0 Å². The molecule has 2 heterocycles. The third-order valence-corrected chi connectivity index (χ3v) is 4.01. The Morgan fingerprint density at radius 1 is 1.57 bits per heavy atom. The lowest BCUT2D eigenvalue weighted by Crippen LogP contribution is -2.42. The van der Waals surface area contributed by atoms with Gasteiger partial charge in [0.05, 0.1) is 6.10 Å². The average molecular weight is 195 g/mol. The molecule has 2 aliphatic rings. The van der Waals surface area contributed by atoms with Crippen LogP contribution in [0.4, 0.5) is 0 Å². The van der Waals surface area contributed by atoms with Crippen molar-refractivity contribution in [2.24, 2.45) is 5.92 Å². The zero-order chi connectivity index (χ0) is 10.3. The molecule has 0 aromatic rings. The van der Waals surface area contributed by atoms with Crippen molar-refractivity contribution in [1.29, 1.82) is 0 Å². The van der Waals surface area contributed by atoms with Gasteiger partial charge in [-0.1, -0.05) is 26.0 Å². The van der Waals surface area contributed by atoms with Crippen molar-refractivity contribution in [3.63, 3.8) is 0 Å². The zero-order valence-electron chi connectivity index (χ0n) is 9.55. The van der Waals surface area contributed by atoms with Crippen molar-refractivity contribution in [2.45, 2.75) is 38.3 Å². The molecule has 80 valence electrons. The maximum absolute atomic E-state index is 5.49. The first-order valence-corrected chi connectivity index (χ1v) is 5.53. The summed E-state index contributed by atoms with van der Waals surface area (Å²) < 4.78 is 5.49. The average Bonchev–Trinajstić information content (AvgIpc) is 2.57. The van der Waals surface area contributed by atoms with Crippen LogP contribution < -0.4 is 0 Å². The summed E-state index contributed by atoms with van der Waals surface area (Å²) in [5, 5.41) is 0. The molecule has 0 amide bonds. The van der Waals surface area contributed by atoms with Crippen molar-refractivity contribution < 1.29 is 4.74 Å². The van der Waals surface area contributed by atoms with Gasteiger partial charge in [0.15, 0.2) is 0 Å². The second-order valence-electron chi connectivity index (χ2n) is 5.13.